The van der Waals surface area contributed by atoms with E-state index in [1.807, 2.05) is 0 Å². The van der Waals surface area contributed by atoms with Gasteiger partial charge in [0, 0.05) is 10.6 Å². The van der Waals surface area contributed by atoms with Crippen LogP contribution in [0, 0.1) is 0 Å². The molecule has 2 aromatic carbocycles. The number of benzene rings is 2. The number of hydrogen-bond acceptors (Lipinski definition) is 3. The molecule has 0 fully saturated rings. The normalized spacial score (nSPS) is 10.3. The fourth-order valence-electron chi connectivity index (χ4n) is 1.62. The number of carboxylic acid groups (broad SMARTS) is 1. The van der Waals surface area contributed by atoms with Crippen molar-refractivity contribution < 1.29 is 20.1 Å². The molecule has 4 nitrogen and oxygen atoms in total. The van der Waals surface area contributed by atoms with E-state index in [4.69, 9.17) is 16.7 Å². The van der Waals surface area contributed by atoms with E-state index in [-0.39, 0.29) is 17.1 Å². The minimum Gasteiger partial charge on any atom is -0.508 e. The van der Waals surface area contributed by atoms with Crippen LogP contribution in [0.15, 0.2) is 36.4 Å². The first-order valence-corrected chi connectivity index (χ1v) is 5.41. The van der Waals surface area contributed by atoms with Crippen molar-refractivity contribution in [2.45, 2.75) is 0 Å². The predicted octanol–water partition coefficient (Wildman–Crippen LogP) is 3.12. The van der Waals surface area contributed by atoms with E-state index in [9.17, 15) is 15.0 Å². The second-order valence-electron chi connectivity index (χ2n) is 3.74. The third-order valence-electron chi connectivity index (χ3n) is 2.43. The first kappa shape index (κ1) is 12.3. The maximum Gasteiger partial charge on any atom is 0.335 e. The highest BCUT2D eigenvalue weighted by Gasteiger charge is 2.11. The monoisotopic (exact) mass is 264 g/mol. The molecule has 0 aromatic heterocycles. The van der Waals surface area contributed by atoms with Gasteiger partial charge in [0.1, 0.15) is 11.5 Å². The number of carbonyl (C=O) groups is 1. The van der Waals surface area contributed by atoms with Crippen molar-refractivity contribution in [3.63, 3.8) is 0 Å². The van der Waals surface area contributed by atoms with E-state index in [2.05, 4.69) is 0 Å². The summed E-state index contributed by atoms with van der Waals surface area (Å²) in [4.78, 5) is 10.9. The Kier molecular flexibility index (Phi) is 3.12. The zero-order valence-electron chi connectivity index (χ0n) is 9.09. The van der Waals surface area contributed by atoms with Gasteiger partial charge in [-0.3, -0.25) is 0 Å². The number of aromatic hydroxyl groups is 2. The quantitative estimate of drug-likeness (QED) is 0.779. The fraction of sp³-hybridized carbons (Fsp3) is 0. The van der Waals surface area contributed by atoms with Gasteiger partial charge in [-0.05, 0) is 42.0 Å². The SMILES string of the molecule is O=C(O)c1cc(O)cc(-c2cc(O)ccc2Cl)c1. The molecule has 0 saturated carbocycles. The summed E-state index contributed by atoms with van der Waals surface area (Å²) in [6, 6.07) is 8.23. The third kappa shape index (κ3) is 2.38. The standard InChI is InChI=1S/C13H9ClO4/c14-12-2-1-9(15)6-11(12)7-3-8(13(17)18)5-10(16)4-7/h1-6,15-16H,(H,17,18). The first-order chi connectivity index (χ1) is 8.47. The number of hydrogen-bond donors (Lipinski definition) is 3. The first-order valence-electron chi connectivity index (χ1n) is 5.03. The Morgan fingerprint density at radius 2 is 1.72 bits per heavy atom. The summed E-state index contributed by atoms with van der Waals surface area (Å²) in [5, 5.41) is 28.2. The molecule has 0 bridgehead atoms. The van der Waals surface area contributed by atoms with Crippen LogP contribution in [-0.4, -0.2) is 21.3 Å². The van der Waals surface area contributed by atoms with Gasteiger partial charge in [-0.25, -0.2) is 4.79 Å². The molecule has 18 heavy (non-hydrogen) atoms. The average Bonchev–Trinajstić information content (AvgIpc) is 2.31. The lowest BCUT2D eigenvalue weighted by Crippen LogP contribution is -1.96. The summed E-state index contributed by atoms with van der Waals surface area (Å²) in [6.07, 6.45) is 0. The van der Waals surface area contributed by atoms with Gasteiger partial charge in [0.2, 0.25) is 0 Å². The molecule has 5 heteroatoms. The lowest BCUT2D eigenvalue weighted by Gasteiger charge is -2.07. The molecular weight excluding hydrogens is 256 g/mol. The zero-order chi connectivity index (χ0) is 13.3. The number of carboxylic acids is 1. The average molecular weight is 265 g/mol. The topological polar surface area (TPSA) is 77.8 Å². The van der Waals surface area contributed by atoms with Crippen LogP contribution in [0.25, 0.3) is 11.1 Å². The van der Waals surface area contributed by atoms with Gasteiger partial charge >= 0.3 is 5.97 Å². The lowest BCUT2D eigenvalue weighted by atomic mass is 10.0. The molecule has 0 amide bonds. The number of rotatable bonds is 2. The van der Waals surface area contributed by atoms with Crippen LogP contribution >= 0.6 is 11.6 Å². The molecule has 0 unspecified atom stereocenters. The van der Waals surface area contributed by atoms with E-state index in [1.54, 1.807) is 0 Å². The molecule has 0 radical (unpaired) electrons. The molecule has 2 aromatic rings. The van der Waals surface area contributed by atoms with Crippen LogP contribution in [0.5, 0.6) is 11.5 Å². The van der Waals surface area contributed by atoms with Crippen molar-refractivity contribution >= 4 is 17.6 Å². The van der Waals surface area contributed by atoms with Gasteiger partial charge < -0.3 is 15.3 Å². The minimum atomic E-state index is -1.15. The number of phenolic OH excluding ortho intramolecular Hbond substituents is 2. The highest BCUT2D eigenvalue weighted by molar-refractivity contribution is 6.33. The van der Waals surface area contributed by atoms with Crippen molar-refractivity contribution in [2.24, 2.45) is 0 Å². The van der Waals surface area contributed by atoms with Crippen LogP contribution in [0.2, 0.25) is 5.02 Å². The van der Waals surface area contributed by atoms with E-state index < -0.39 is 5.97 Å². The molecule has 0 atom stereocenters. The number of phenols is 2. The van der Waals surface area contributed by atoms with Crippen LogP contribution in [0.1, 0.15) is 10.4 Å². The molecule has 0 aliphatic rings. The molecule has 0 heterocycles. The van der Waals surface area contributed by atoms with Gasteiger partial charge in [0.15, 0.2) is 0 Å². The second-order valence-corrected chi connectivity index (χ2v) is 4.15. The highest BCUT2D eigenvalue weighted by Crippen LogP contribution is 2.33. The number of halogens is 1. The summed E-state index contributed by atoms with van der Waals surface area (Å²) in [6.45, 7) is 0. The summed E-state index contributed by atoms with van der Waals surface area (Å²) < 4.78 is 0. The fourth-order valence-corrected chi connectivity index (χ4v) is 1.85. The Bertz CT molecular complexity index is 622. The van der Waals surface area contributed by atoms with E-state index in [1.165, 1.54) is 30.3 Å². The smallest absolute Gasteiger partial charge is 0.335 e. The van der Waals surface area contributed by atoms with Crippen molar-refractivity contribution in [3.05, 3.63) is 47.0 Å². The molecule has 0 saturated heterocycles. The van der Waals surface area contributed by atoms with Gasteiger partial charge in [-0.15, -0.1) is 0 Å². The summed E-state index contributed by atoms with van der Waals surface area (Å²) in [5.74, 6) is -1.32. The Morgan fingerprint density at radius 1 is 1.00 bits per heavy atom. The van der Waals surface area contributed by atoms with E-state index in [0.29, 0.717) is 16.1 Å². The summed E-state index contributed by atoms with van der Waals surface area (Å²) in [5.41, 5.74) is 0.827. The molecule has 0 spiro atoms. The van der Waals surface area contributed by atoms with Crippen LogP contribution in [0.3, 0.4) is 0 Å². The minimum absolute atomic E-state index is 0.00891. The van der Waals surface area contributed by atoms with Crippen LogP contribution < -0.4 is 0 Å². The van der Waals surface area contributed by atoms with E-state index in [0.717, 1.165) is 6.07 Å². The van der Waals surface area contributed by atoms with E-state index >= 15 is 0 Å². The lowest BCUT2D eigenvalue weighted by molar-refractivity contribution is 0.0696. The van der Waals surface area contributed by atoms with Crippen molar-refractivity contribution in [1.82, 2.24) is 0 Å². The van der Waals surface area contributed by atoms with Crippen molar-refractivity contribution in [1.29, 1.82) is 0 Å². The third-order valence-corrected chi connectivity index (χ3v) is 2.76. The maximum absolute atomic E-state index is 10.9. The van der Waals surface area contributed by atoms with Gasteiger partial charge in [0.05, 0.1) is 5.56 Å². The molecule has 0 aliphatic heterocycles. The van der Waals surface area contributed by atoms with Crippen molar-refractivity contribution in [2.75, 3.05) is 0 Å². The highest BCUT2D eigenvalue weighted by atomic mass is 35.5. The van der Waals surface area contributed by atoms with Crippen LogP contribution in [-0.2, 0) is 0 Å². The van der Waals surface area contributed by atoms with Crippen LogP contribution in [0.4, 0.5) is 0 Å². The molecule has 3 N–H and O–H groups in total. The maximum atomic E-state index is 10.9. The Hall–Kier alpha value is -2.20. The van der Waals surface area contributed by atoms with Gasteiger partial charge in [-0.1, -0.05) is 11.6 Å². The molecular formula is C13H9ClO4. The van der Waals surface area contributed by atoms with Crippen molar-refractivity contribution in [3.8, 4) is 22.6 Å². The summed E-state index contributed by atoms with van der Waals surface area (Å²) >= 11 is 5.97. The Morgan fingerprint density at radius 3 is 2.39 bits per heavy atom. The van der Waals surface area contributed by atoms with Gasteiger partial charge in [0.25, 0.3) is 0 Å². The largest absolute Gasteiger partial charge is 0.508 e. The van der Waals surface area contributed by atoms with Gasteiger partial charge in [-0.2, -0.15) is 0 Å². The summed E-state index contributed by atoms with van der Waals surface area (Å²) in [7, 11) is 0. The number of aromatic carboxylic acids is 1. The second kappa shape index (κ2) is 4.58. The molecule has 2 rings (SSSR count). The zero-order valence-corrected chi connectivity index (χ0v) is 9.85. The Labute approximate surface area is 108 Å². The Balaban J connectivity index is 2.63. The predicted molar refractivity (Wildman–Crippen MR) is 67.2 cm³/mol. The molecule has 92 valence electrons. The molecule has 0 aliphatic carbocycles.